The summed E-state index contributed by atoms with van der Waals surface area (Å²) in [6, 6.07) is 15.7. The molecule has 0 unspecified atom stereocenters. The molecule has 0 spiro atoms. The molecule has 4 nitrogen and oxygen atoms in total. The lowest BCUT2D eigenvalue weighted by Crippen LogP contribution is -2.32. The zero-order valence-electron chi connectivity index (χ0n) is 12.7. The number of nitrogens with zero attached hydrogens (tertiary/aromatic N) is 2. The molecule has 2 aromatic carbocycles. The number of para-hydroxylation sites is 1. The Morgan fingerprint density at radius 3 is 2.52 bits per heavy atom. The number of nitrogens with one attached hydrogen (secondary N) is 1. The summed E-state index contributed by atoms with van der Waals surface area (Å²) >= 11 is 2.00. The highest BCUT2D eigenvalue weighted by Crippen LogP contribution is 2.23. The molecule has 1 saturated heterocycles. The SMILES string of the molecule is O=c1[nH]c(-c2ccc(N3CCSCC3)cc2)nc2ccccc12. The van der Waals surface area contributed by atoms with E-state index in [9.17, 15) is 4.79 Å². The lowest BCUT2D eigenvalue weighted by atomic mass is 10.1. The number of hydrogen-bond donors (Lipinski definition) is 1. The Morgan fingerprint density at radius 2 is 1.74 bits per heavy atom. The Balaban J connectivity index is 1.69. The average molecular weight is 323 g/mol. The second kappa shape index (κ2) is 6.08. The van der Waals surface area contributed by atoms with E-state index in [1.54, 1.807) is 6.07 Å². The highest BCUT2D eigenvalue weighted by atomic mass is 32.2. The van der Waals surface area contributed by atoms with Crippen LogP contribution in [0.2, 0.25) is 0 Å². The van der Waals surface area contributed by atoms with Gasteiger partial charge in [0.2, 0.25) is 0 Å². The summed E-state index contributed by atoms with van der Waals surface area (Å²) in [7, 11) is 0. The van der Waals surface area contributed by atoms with Crippen LogP contribution in [0.3, 0.4) is 0 Å². The van der Waals surface area contributed by atoms with Gasteiger partial charge in [0.25, 0.3) is 5.56 Å². The average Bonchev–Trinajstić information content (AvgIpc) is 2.63. The van der Waals surface area contributed by atoms with Crippen LogP contribution in [-0.2, 0) is 0 Å². The second-order valence-corrected chi connectivity index (χ2v) is 6.80. The Morgan fingerprint density at radius 1 is 1.00 bits per heavy atom. The normalized spacial score (nSPS) is 15.0. The highest BCUT2D eigenvalue weighted by molar-refractivity contribution is 7.99. The van der Waals surface area contributed by atoms with Gasteiger partial charge in [-0.3, -0.25) is 4.79 Å². The van der Waals surface area contributed by atoms with Gasteiger partial charge in [0, 0.05) is 35.8 Å². The van der Waals surface area contributed by atoms with Crippen LogP contribution in [0, 0.1) is 0 Å². The molecule has 116 valence electrons. The van der Waals surface area contributed by atoms with Crippen molar-refractivity contribution in [1.82, 2.24) is 9.97 Å². The topological polar surface area (TPSA) is 49.0 Å². The van der Waals surface area contributed by atoms with Crippen LogP contribution in [-0.4, -0.2) is 34.6 Å². The van der Waals surface area contributed by atoms with Gasteiger partial charge < -0.3 is 9.88 Å². The first kappa shape index (κ1) is 14.3. The summed E-state index contributed by atoms with van der Waals surface area (Å²) in [6.45, 7) is 2.18. The van der Waals surface area contributed by atoms with E-state index in [0.717, 1.165) is 24.2 Å². The Hall–Kier alpha value is -2.27. The maximum absolute atomic E-state index is 12.2. The van der Waals surface area contributed by atoms with Crippen molar-refractivity contribution in [2.75, 3.05) is 29.5 Å². The molecular weight excluding hydrogens is 306 g/mol. The van der Waals surface area contributed by atoms with Crippen molar-refractivity contribution in [3.63, 3.8) is 0 Å². The van der Waals surface area contributed by atoms with E-state index in [1.165, 1.54) is 17.2 Å². The third-order valence-electron chi connectivity index (χ3n) is 4.13. The van der Waals surface area contributed by atoms with E-state index in [4.69, 9.17) is 0 Å². The third-order valence-corrected chi connectivity index (χ3v) is 5.07. The van der Waals surface area contributed by atoms with Gasteiger partial charge in [-0.1, -0.05) is 12.1 Å². The summed E-state index contributed by atoms with van der Waals surface area (Å²) in [5, 5.41) is 0.624. The van der Waals surface area contributed by atoms with Crippen LogP contribution >= 0.6 is 11.8 Å². The minimum absolute atomic E-state index is 0.0947. The summed E-state index contributed by atoms with van der Waals surface area (Å²) in [4.78, 5) is 22.0. The predicted molar refractivity (Wildman–Crippen MR) is 97.3 cm³/mol. The summed E-state index contributed by atoms with van der Waals surface area (Å²) in [5.74, 6) is 2.98. The van der Waals surface area contributed by atoms with Crippen molar-refractivity contribution in [2.24, 2.45) is 0 Å². The number of aromatic nitrogens is 2. The molecule has 1 aliphatic heterocycles. The Labute approximate surface area is 138 Å². The van der Waals surface area contributed by atoms with Gasteiger partial charge in [-0.25, -0.2) is 4.98 Å². The van der Waals surface area contributed by atoms with Gasteiger partial charge in [-0.05, 0) is 36.4 Å². The van der Waals surface area contributed by atoms with Crippen molar-refractivity contribution < 1.29 is 0 Å². The van der Waals surface area contributed by atoms with E-state index in [2.05, 4.69) is 27.0 Å². The minimum Gasteiger partial charge on any atom is -0.370 e. The molecule has 0 radical (unpaired) electrons. The molecule has 5 heteroatoms. The van der Waals surface area contributed by atoms with E-state index in [0.29, 0.717) is 11.2 Å². The van der Waals surface area contributed by atoms with Crippen LogP contribution in [0.25, 0.3) is 22.3 Å². The number of thioether (sulfide) groups is 1. The fraction of sp³-hybridized carbons (Fsp3) is 0.222. The van der Waals surface area contributed by atoms with Crippen molar-refractivity contribution in [2.45, 2.75) is 0 Å². The van der Waals surface area contributed by atoms with Crippen LogP contribution in [0.4, 0.5) is 5.69 Å². The fourth-order valence-electron chi connectivity index (χ4n) is 2.87. The minimum atomic E-state index is -0.0947. The molecule has 0 saturated carbocycles. The van der Waals surface area contributed by atoms with Gasteiger partial charge in [0.1, 0.15) is 5.82 Å². The highest BCUT2D eigenvalue weighted by Gasteiger charge is 2.11. The van der Waals surface area contributed by atoms with Gasteiger partial charge >= 0.3 is 0 Å². The molecule has 1 aromatic heterocycles. The van der Waals surface area contributed by atoms with Crippen molar-refractivity contribution >= 4 is 28.4 Å². The van der Waals surface area contributed by atoms with Crippen LogP contribution in [0.15, 0.2) is 53.3 Å². The predicted octanol–water partition coefficient (Wildman–Crippen LogP) is 3.14. The molecule has 1 N–H and O–H groups in total. The zero-order valence-corrected chi connectivity index (χ0v) is 13.5. The van der Waals surface area contributed by atoms with Gasteiger partial charge in [-0.2, -0.15) is 11.8 Å². The number of fused-ring (bicyclic) bond motifs is 1. The standard InChI is InChI=1S/C18H17N3OS/c22-18-15-3-1-2-4-16(15)19-17(20-18)13-5-7-14(8-6-13)21-9-11-23-12-10-21/h1-8H,9-12H2,(H,19,20,22). The Bertz CT molecular complexity index is 883. The Kier molecular flexibility index (Phi) is 3.79. The van der Waals surface area contributed by atoms with Crippen molar-refractivity contribution in [1.29, 1.82) is 0 Å². The number of hydrogen-bond acceptors (Lipinski definition) is 4. The van der Waals surface area contributed by atoms with Crippen LogP contribution in [0.5, 0.6) is 0 Å². The monoisotopic (exact) mass is 323 g/mol. The quantitative estimate of drug-likeness (QED) is 0.787. The molecule has 0 bridgehead atoms. The van der Waals surface area contributed by atoms with E-state index in [1.807, 2.05) is 42.1 Å². The number of anilines is 1. The van der Waals surface area contributed by atoms with Crippen LogP contribution in [0.1, 0.15) is 0 Å². The molecule has 0 atom stereocenters. The zero-order chi connectivity index (χ0) is 15.6. The number of benzene rings is 2. The van der Waals surface area contributed by atoms with E-state index < -0.39 is 0 Å². The maximum atomic E-state index is 12.2. The largest absolute Gasteiger partial charge is 0.370 e. The van der Waals surface area contributed by atoms with E-state index in [-0.39, 0.29) is 5.56 Å². The maximum Gasteiger partial charge on any atom is 0.259 e. The van der Waals surface area contributed by atoms with Gasteiger partial charge in [0.15, 0.2) is 0 Å². The molecule has 0 aliphatic carbocycles. The third kappa shape index (κ3) is 2.84. The molecule has 2 heterocycles. The molecule has 3 aromatic rings. The summed E-state index contributed by atoms with van der Waals surface area (Å²) in [5.41, 5.74) is 2.80. The molecule has 1 fully saturated rings. The number of H-pyrrole nitrogens is 1. The first-order valence-electron chi connectivity index (χ1n) is 7.73. The number of rotatable bonds is 2. The second-order valence-electron chi connectivity index (χ2n) is 5.58. The smallest absolute Gasteiger partial charge is 0.259 e. The van der Waals surface area contributed by atoms with Gasteiger partial charge in [-0.15, -0.1) is 0 Å². The lowest BCUT2D eigenvalue weighted by molar-refractivity contribution is 0.859. The van der Waals surface area contributed by atoms with Crippen molar-refractivity contribution in [3.05, 3.63) is 58.9 Å². The summed E-state index contributed by atoms with van der Waals surface area (Å²) in [6.07, 6.45) is 0. The first-order valence-corrected chi connectivity index (χ1v) is 8.89. The van der Waals surface area contributed by atoms with E-state index >= 15 is 0 Å². The first-order chi connectivity index (χ1) is 11.3. The molecule has 23 heavy (non-hydrogen) atoms. The number of aromatic amines is 1. The lowest BCUT2D eigenvalue weighted by Gasteiger charge is -2.28. The molecular formula is C18H17N3OS. The molecule has 0 amide bonds. The van der Waals surface area contributed by atoms with Gasteiger partial charge in [0.05, 0.1) is 10.9 Å². The fourth-order valence-corrected chi connectivity index (χ4v) is 3.78. The molecule has 4 rings (SSSR count). The summed E-state index contributed by atoms with van der Waals surface area (Å²) < 4.78 is 0. The van der Waals surface area contributed by atoms with Crippen LogP contribution < -0.4 is 10.5 Å². The van der Waals surface area contributed by atoms with Crippen molar-refractivity contribution in [3.8, 4) is 11.4 Å². The molecule has 1 aliphatic rings.